The van der Waals surface area contributed by atoms with Crippen molar-refractivity contribution in [3.8, 4) is 0 Å². The second-order valence-corrected chi connectivity index (χ2v) is 7.49. The summed E-state index contributed by atoms with van der Waals surface area (Å²) < 4.78 is 5.59. The van der Waals surface area contributed by atoms with Crippen LogP contribution >= 0.6 is 0 Å². The summed E-state index contributed by atoms with van der Waals surface area (Å²) in [6.07, 6.45) is 5.11. The number of ketones is 1. The number of aromatic nitrogens is 1. The first-order valence-electron chi connectivity index (χ1n) is 9.94. The summed E-state index contributed by atoms with van der Waals surface area (Å²) in [6, 6.07) is 6.42. The van der Waals surface area contributed by atoms with Crippen molar-refractivity contribution in [2.45, 2.75) is 70.4 Å². The monoisotopic (exact) mass is 385 g/mol. The molecule has 7 nitrogen and oxygen atoms in total. The minimum atomic E-state index is -0.947. The maximum Gasteiger partial charge on any atom is 0.266 e. The molecule has 3 rings (SSSR count). The van der Waals surface area contributed by atoms with E-state index in [-0.39, 0.29) is 23.5 Å². The summed E-state index contributed by atoms with van der Waals surface area (Å²) in [5, 5.41) is 5.71. The van der Waals surface area contributed by atoms with Crippen molar-refractivity contribution in [3.63, 3.8) is 0 Å². The fourth-order valence-electron chi connectivity index (χ4n) is 3.88. The molecule has 2 N–H and O–H groups in total. The molecule has 0 radical (unpaired) electrons. The zero-order valence-electron chi connectivity index (χ0n) is 16.4. The van der Waals surface area contributed by atoms with Gasteiger partial charge < -0.3 is 15.1 Å². The van der Waals surface area contributed by atoms with Crippen molar-refractivity contribution < 1.29 is 18.8 Å². The second kappa shape index (κ2) is 8.54. The van der Waals surface area contributed by atoms with Crippen LogP contribution in [0.15, 0.2) is 28.7 Å². The molecule has 1 aromatic carbocycles. The topological polar surface area (TPSA) is 101 Å². The van der Waals surface area contributed by atoms with Gasteiger partial charge in [0.15, 0.2) is 5.58 Å². The number of benzene rings is 1. The summed E-state index contributed by atoms with van der Waals surface area (Å²) in [5.74, 6) is -0.892. The molecule has 1 aliphatic carbocycles. The van der Waals surface area contributed by atoms with Crippen LogP contribution in [0.5, 0.6) is 0 Å². The van der Waals surface area contributed by atoms with E-state index in [1.807, 2.05) is 19.1 Å². The van der Waals surface area contributed by atoms with Crippen LogP contribution in [0.3, 0.4) is 0 Å². The zero-order valence-corrected chi connectivity index (χ0v) is 16.4. The Morgan fingerprint density at radius 1 is 1.18 bits per heavy atom. The van der Waals surface area contributed by atoms with Gasteiger partial charge >= 0.3 is 0 Å². The van der Waals surface area contributed by atoms with Gasteiger partial charge in [0.05, 0.1) is 6.04 Å². The van der Waals surface area contributed by atoms with Crippen molar-refractivity contribution in [2.24, 2.45) is 0 Å². The molecule has 0 unspecified atom stereocenters. The molecule has 28 heavy (non-hydrogen) atoms. The Labute approximate surface area is 164 Å². The molecule has 1 saturated carbocycles. The molecule has 1 atom stereocenters. The van der Waals surface area contributed by atoms with Gasteiger partial charge in [0.1, 0.15) is 11.1 Å². The van der Waals surface area contributed by atoms with E-state index in [0.29, 0.717) is 36.8 Å². The third-order valence-electron chi connectivity index (χ3n) is 5.26. The molecule has 7 heteroatoms. The minimum Gasteiger partial charge on any atom is -0.434 e. The Morgan fingerprint density at radius 2 is 1.89 bits per heavy atom. The van der Waals surface area contributed by atoms with Crippen molar-refractivity contribution in [2.75, 3.05) is 0 Å². The van der Waals surface area contributed by atoms with Gasteiger partial charge in [-0.05, 0) is 31.4 Å². The average molecular weight is 385 g/mol. The number of nitrogens with zero attached hydrogens (tertiary/aromatic N) is 1. The molecule has 0 bridgehead atoms. The van der Waals surface area contributed by atoms with E-state index in [1.54, 1.807) is 12.1 Å². The van der Waals surface area contributed by atoms with Crippen molar-refractivity contribution in [1.29, 1.82) is 0 Å². The largest absolute Gasteiger partial charge is 0.434 e. The van der Waals surface area contributed by atoms with Gasteiger partial charge in [-0.2, -0.15) is 0 Å². The van der Waals surface area contributed by atoms with E-state index in [1.165, 1.54) is 6.92 Å². The summed E-state index contributed by atoms with van der Waals surface area (Å²) in [4.78, 5) is 42.1. The highest BCUT2D eigenvalue weighted by atomic mass is 16.4. The summed E-state index contributed by atoms with van der Waals surface area (Å²) in [5.41, 5.74) is 0.196. The van der Waals surface area contributed by atoms with E-state index in [0.717, 1.165) is 19.3 Å². The number of rotatable bonds is 7. The van der Waals surface area contributed by atoms with Crippen LogP contribution in [0.25, 0.3) is 11.1 Å². The predicted molar refractivity (Wildman–Crippen MR) is 105 cm³/mol. The maximum atomic E-state index is 13.1. The molecule has 0 spiro atoms. The molecule has 1 heterocycles. The van der Waals surface area contributed by atoms with E-state index in [4.69, 9.17) is 4.42 Å². The number of hydrogen-bond donors (Lipinski definition) is 2. The van der Waals surface area contributed by atoms with Crippen LogP contribution in [0.2, 0.25) is 0 Å². The highest BCUT2D eigenvalue weighted by Crippen LogP contribution is 2.29. The Bertz CT molecular complexity index is 834. The van der Waals surface area contributed by atoms with Gasteiger partial charge in [-0.1, -0.05) is 44.7 Å². The number of amides is 2. The normalized spacial score (nSPS) is 17.1. The molecule has 1 aliphatic rings. The van der Waals surface area contributed by atoms with Crippen LogP contribution in [-0.2, 0) is 9.59 Å². The molecular weight excluding hydrogens is 358 g/mol. The molecule has 0 aliphatic heterocycles. The van der Waals surface area contributed by atoms with Crippen LogP contribution in [0, 0.1) is 0 Å². The summed E-state index contributed by atoms with van der Waals surface area (Å²) in [7, 11) is 0. The van der Waals surface area contributed by atoms with Crippen molar-refractivity contribution in [3.05, 3.63) is 30.2 Å². The van der Waals surface area contributed by atoms with Gasteiger partial charge in [-0.3, -0.25) is 14.4 Å². The highest BCUT2D eigenvalue weighted by molar-refractivity contribution is 6.01. The molecule has 1 fully saturated rings. The molecule has 2 aromatic rings. The predicted octanol–water partition coefficient (Wildman–Crippen LogP) is 3.13. The first-order valence-corrected chi connectivity index (χ1v) is 9.94. The van der Waals surface area contributed by atoms with Crippen LogP contribution in [0.1, 0.15) is 69.5 Å². The SMILES string of the molecule is CCC[C@H](NC(=O)C1(NC(C)=O)CCCCC1)C(=O)c1nc2ccccc2o1. The Hall–Kier alpha value is -2.70. The number of carbonyl (C=O) groups excluding carboxylic acids is 3. The van der Waals surface area contributed by atoms with Gasteiger partial charge in [0.2, 0.25) is 17.6 Å². The fraction of sp³-hybridized carbons (Fsp3) is 0.524. The maximum absolute atomic E-state index is 13.1. The first-order chi connectivity index (χ1) is 13.4. The number of carbonyl (C=O) groups is 3. The number of hydrogen-bond acceptors (Lipinski definition) is 5. The summed E-state index contributed by atoms with van der Waals surface area (Å²) in [6.45, 7) is 3.36. The van der Waals surface area contributed by atoms with Crippen LogP contribution < -0.4 is 10.6 Å². The molecule has 1 aromatic heterocycles. The lowest BCUT2D eigenvalue weighted by atomic mass is 9.80. The number of oxazole rings is 1. The van der Waals surface area contributed by atoms with Crippen molar-refractivity contribution >= 4 is 28.7 Å². The van der Waals surface area contributed by atoms with E-state index in [2.05, 4.69) is 15.6 Å². The standard InChI is InChI=1S/C21H27N3O4/c1-3-9-16(18(26)19-22-15-10-5-6-11-17(15)28-19)23-20(27)21(24-14(2)25)12-7-4-8-13-21/h5-6,10-11,16H,3-4,7-9,12-13H2,1-2H3,(H,23,27)(H,24,25)/t16-/m0/s1. The lowest BCUT2D eigenvalue weighted by Gasteiger charge is -2.37. The smallest absolute Gasteiger partial charge is 0.266 e. The first kappa shape index (κ1) is 20.0. The molecular formula is C21H27N3O4. The van der Waals surface area contributed by atoms with Gasteiger partial charge in [-0.25, -0.2) is 4.98 Å². The number of fused-ring (bicyclic) bond motifs is 1. The van der Waals surface area contributed by atoms with E-state index >= 15 is 0 Å². The van der Waals surface area contributed by atoms with E-state index in [9.17, 15) is 14.4 Å². The average Bonchev–Trinajstić information content (AvgIpc) is 3.11. The number of para-hydroxylation sites is 2. The lowest BCUT2D eigenvalue weighted by Crippen LogP contribution is -2.61. The molecule has 2 amide bonds. The minimum absolute atomic E-state index is 0.00262. The molecule has 150 valence electrons. The van der Waals surface area contributed by atoms with E-state index < -0.39 is 11.6 Å². The number of Topliss-reactive ketones (excluding diaryl/α,β-unsaturated/α-hetero) is 1. The quantitative estimate of drug-likeness (QED) is 0.713. The zero-order chi connectivity index (χ0) is 20.1. The molecule has 0 saturated heterocycles. The summed E-state index contributed by atoms with van der Waals surface area (Å²) >= 11 is 0. The fourth-order valence-corrected chi connectivity index (χ4v) is 3.88. The van der Waals surface area contributed by atoms with Crippen molar-refractivity contribution in [1.82, 2.24) is 15.6 Å². The van der Waals surface area contributed by atoms with Crippen LogP contribution in [-0.4, -0.2) is 34.2 Å². The highest BCUT2D eigenvalue weighted by Gasteiger charge is 2.42. The number of nitrogens with one attached hydrogen (secondary N) is 2. The Balaban J connectivity index is 1.81. The van der Waals surface area contributed by atoms with Gasteiger partial charge in [0, 0.05) is 6.92 Å². The van der Waals surface area contributed by atoms with Gasteiger partial charge in [-0.15, -0.1) is 0 Å². The Morgan fingerprint density at radius 3 is 2.54 bits per heavy atom. The lowest BCUT2D eigenvalue weighted by molar-refractivity contribution is -0.134. The Kier molecular flexibility index (Phi) is 6.11. The van der Waals surface area contributed by atoms with Crippen LogP contribution in [0.4, 0.5) is 0 Å². The second-order valence-electron chi connectivity index (χ2n) is 7.49. The third-order valence-corrected chi connectivity index (χ3v) is 5.26. The third kappa shape index (κ3) is 4.24. The van der Waals surface area contributed by atoms with Gasteiger partial charge in [0.25, 0.3) is 5.89 Å².